The Kier molecular flexibility index (Phi) is 3.88. The van der Waals surface area contributed by atoms with Gasteiger partial charge in [0.1, 0.15) is 6.42 Å². The summed E-state index contributed by atoms with van der Waals surface area (Å²) in [5.41, 5.74) is 0. The number of carbonyl (C=O) groups is 2. The van der Waals surface area contributed by atoms with Crippen molar-refractivity contribution in [3.05, 3.63) is 0 Å². The first kappa shape index (κ1) is 11.0. The van der Waals surface area contributed by atoms with Crippen LogP contribution in [-0.2, 0) is 14.3 Å². The Morgan fingerprint density at radius 1 is 1.64 bits per heavy atom. The molecule has 1 fully saturated rings. The van der Waals surface area contributed by atoms with Gasteiger partial charge in [-0.3, -0.25) is 9.59 Å². The molecule has 0 aromatic rings. The van der Waals surface area contributed by atoms with Gasteiger partial charge in [-0.1, -0.05) is 0 Å². The number of ether oxygens (including phenoxy) is 1. The summed E-state index contributed by atoms with van der Waals surface area (Å²) < 4.78 is 5.36. The van der Waals surface area contributed by atoms with Gasteiger partial charge in [-0.2, -0.15) is 0 Å². The SMILES string of the molecule is CC(NC(=O)CC(=O)O)C1CCCO1. The van der Waals surface area contributed by atoms with Gasteiger partial charge in [0.2, 0.25) is 5.91 Å². The molecule has 1 saturated heterocycles. The molecule has 0 aromatic heterocycles. The van der Waals surface area contributed by atoms with Crippen molar-refractivity contribution < 1.29 is 19.4 Å². The van der Waals surface area contributed by atoms with E-state index in [-0.39, 0.29) is 12.1 Å². The Balaban J connectivity index is 2.28. The molecule has 1 amide bonds. The van der Waals surface area contributed by atoms with Crippen molar-refractivity contribution in [2.24, 2.45) is 0 Å². The van der Waals surface area contributed by atoms with Crippen molar-refractivity contribution in [1.29, 1.82) is 0 Å². The third kappa shape index (κ3) is 3.33. The standard InChI is InChI=1S/C9H15NO4/c1-6(7-3-2-4-14-7)10-8(11)5-9(12)13/h6-7H,2-5H2,1H3,(H,10,11)(H,12,13). The molecule has 0 aromatic carbocycles. The largest absolute Gasteiger partial charge is 0.481 e. The van der Waals surface area contributed by atoms with Gasteiger partial charge < -0.3 is 15.2 Å². The van der Waals surface area contributed by atoms with Crippen molar-refractivity contribution in [3.8, 4) is 0 Å². The number of hydrogen-bond donors (Lipinski definition) is 2. The van der Waals surface area contributed by atoms with Crippen LogP contribution in [0.5, 0.6) is 0 Å². The third-order valence-corrected chi connectivity index (χ3v) is 2.22. The highest BCUT2D eigenvalue weighted by Crippen LogP contribution is 2.15. The van der Waals surface area contributed by atoms with Crippen LogP contribution >= 0.6 is 0 Å². The zero-order valence-corrected chi connectivity index (χ0v) is 8.16. The maximum atomic E-state index is 11.1. The van der Waals surface area contributed by atoms with Crippen LogP contribution < -0.4 is 5.32 Å². The van der Waals surface area contributed by atoms with E-state index in [1.165, 1.54) is 0 Å². The van der Waals surface area contributed by atoms with E-state index in [1.54, 1.807) is 0 Å². The molecule has 5 nitrogen and oxygen atoms in total. The van der Waals surface area contributed by atoms with Gasteiger partial charge in [0.25, 0.3) is 0 Å². The summed E-state index contributed by atoms with van der Waals surface area (Å²) in [6.45, 7) is 2.56. The minimum atomic E-state index is -1.11. The highest BCUT2D eigenvalue weighted by atomic mass is 16.5. The van der Waals surface area contributed by atoms with Crippen molar-refractivity contribution >= 4 is 11.9 Å². The van der Waals surface area contributed by atoms with Gasteiger partial charge in [-0.25, -0.2) is 0 Å². The molecule has 1 rings (SSSR count). The highest BCUT2D eigenvalue weighted by Gasteiger charge is 2.23. The second-order valence-electron chi connectivity index (χ2n) is 3.48. The first-order valence-corrected chi connectivity index (χ1v) is 4.72. The van der Waals surface area contributed by atoms with Gasteiger partial charge in [0.15, 0.2) is 0 Å². The number of aliphatic carboxylic acids is 1. The van der Waals surface area contributed by atoms with E-state index in [4.69, 9.17) is 9.84 Å². The van der Waals surface area contributed by atoms with E-state index < -0.39 is 18.3 Å². The average Bonchev–Trinajstić information content (AvgIpc) is 2.53. The number of carboxylic acid groups (broad SMARTS) is 1. The molecule has 5 heteroatoms. The average molecular weight is 201 g/mol. The topological polar surface area (TPSA) is 75.6 Å². The van der Waals surface area contributed by atoms with E-state index in [0.717, 1.165) is 19.4 Å². The van der Waals surface area contributed by atoms with Crippen LogP contribution in [0, 0.1) is 0 Å². The van der Waals surface area contributed by atoms with Crippen molar-refractivity contribution in [1.82, 2.24) is 5.32 Å². The molecule has 0 saturated carbocycles. The molecule has 0 spiro atoms. The number of amides is 1. The van der Waals surface area contributed by atoms with Crippen LogP contribution in [0.1, 0.15) is 26.2 Å². The molecule has 1 aliphatic heterocycles. The smallest absolute Gasteiger partial charge is 0.312 e. The van der Waals surface area contributed by atoms with Crippen LogP contribution in [0.25, 0.3) is 0 Å². The maximum Gasteiger partial charge on any atom is 0.312 e. The van der Waals surface area contributed by atoms with E-state index >= 15 is 0 Å². The molecule has 0 aliphatic carbocycles. The van der Waals surface area contributed by atoms with Crippen LogP contribution in [0.15, 0.2) is 0 Å². The molecule has 2 unspecified atom stereocenters. The fraction of sp³-hybridized carbons (Fsp3) is 0.778. The summed E-state index contributed by atoms with van der Waals surface area (Å²) in [6.07, 6.45) is 1.49. The molecule has 0 radical (unpaired) electrons. The number of rotatable bonds is 4. The molecule has 0 bridgehead atoms. The summed E-state index contributed by atoms with van der Waals surface area (Å²) in [4.78, 5) is 21.3. The van der Waals surface area contributed by atoms with Crippen molar-refractivity contribution in [2.45, 2.75) is 38.3 Å². The quantitative estimate of drug-likeness (QED) is 0.634. The zero-order chi connectivity index (χ0) is 10.6. The Morgan fingerprint density at radius 2 is 2.36 bits per heavy atom. The molecule has 80 valence electrons. The minimum absolute atomic E-state index is 0.0349. The normalized spacial score (nSPS) is 23.1. The number of nitrogens with one attached hydrogen (secondary N) is 1. The Bertz CT molecular complexity index is 223. The Hall–Kier alpha value is -1.10. The second kappa shape index (κ2) is 4.95. The zero-order valence-electron chi connectivity index (χ0n) is 8.16. The monoisotopic (exact) mass is 201 g/mol. The third-order valence-electron chi connectivity index (χ3n) is 2.22. The Morgan fingerprint density at radius 3 is 2.86 bits per heavy atom. The van der Waals surface area contributed by atoms with E-state index in [9.17, 15) is 9.59 Å². The highest BCUT2D eigenvalue weighted by molar-refractivity contribution is 5.93. The Labute approximate surface area is 82.4 Å². The predicted octanol–water partition coefficient (Wildman–Crippen LogP) is 0.145. The van der Waals surface area contributed by atoms with Gasteiger partial charge >= 0.3 is 5.97 Å². The summed E-state index contributed by atoms with van der Waals surface area (Å²) >= 11 is 0. The lowest BCUT2D eigenvalue weighted by Gasteiger charge is -2.19. The first-order chi connectivity index (χ1) is 6.59. The van der Waals surface area contributed by atoms with Crippen LogP contribution in [-0.4, -0.2) is 35.7 Å². The van der Waals surface area contributed by atoms with Crippen molar-refractivity contribution in [3.63, 3.8) is 0 Å². The fourth-order valence-corrected chi connectivity index (χ4v) is 1.53. The van der Waals surface area contributed by atoms with Gasteiger partial charge in [-0.05, 0) is 19.8 Å². The van der Waals surface area contributed by atoms with Crippen molar-refractivity contribution in [2.75, 3.05) is 6.61 Å². The molecule has 1 heterocycles. The molecule has 2 N–H and O–H groups in total. The summed E-state index contributed by atoms with van der Waals surface area (Å²) in [5.74, 6) is -1.57. The van der Waals surface area contributed by atoms with E-state index in [1.807, 2.05) is 6.92 Å². The van der Waals surface area contributed by atoms with Gasteiger partial charge in [0.05, 0.1) is 12.1 Å². The van der Waals surface area contributed by atoms with Gasteiger partial charge in [0, 0.05) is 6.61 Å². The molecule has 14 heavy (non-hydrogen) atoms. The second-order valence-corrected chi connectivity index (χ2v) is 3.48. The molecule has 2 atom stereocenters. The van der Waals surface area contributed by atoms with Crippen LogP contribution in [0.2, 0.25) is 0 Å². The number of carboxylic acids is 1. The number of hydrogen-bond acceptors (Lipinski definition) is 3. The lowest BCUT2D eigenvalue weighted by molar-refractivity contribution is -0.141. The molecular weight excluding hydrogens is 186 g/mol. The fourth-order valence-electron chi connectivity index (χ4n) is 1.53. The van der Waals surface area contributed by atoms with Crippen LogP contribution in [0.3, 0.4) is 0 Å². The first-order valence-electron chi connectivity index (χ1n) is 4.72. The number of carbonyl (C=O) groups excluding carboxylic acids is 1. The van der Waals surface area contributed by atoms with Gasteiger partial charge in [-0.15, -0.1) is 0 Å². The lowest BCUT2D eigenvalue weighted by Crippen LogP contribution is -2.41. The summed E-state index contributed by atoms with van der Waals surface area (Å²) in [6, 6.07) is -0.107. The maximum absolute atomic E-state index is 11.1. The lowest BCUT2D eigenvalue weighted by atomic mass is 10.1. The van der Waals surface area contributed by atoms with E-state index in [2.05, 4.69) is 5.32 Å². The summed E-state index contributed by atoms with van der Waals surface area (Å²) in [5, 5.41) is 11.0. The minimum Gasteiger partial charge on any atom is -0.481 e. The summed E-state index contributed by atoms with van der Waals surface area (Å²) in [7, 11) is 0. The van der Waals surface area contributed by atoms with Crippen LogP contribution in [0.4, 0.5) is 0 Å². The molecule has 1 aliphatic rings. The molecular formula is C9H15NO4. The van der Waals surface area contributed by atoms with E-state index in [0.29, 0.717) is 0 Å². The predicted molar refractivity (Wildman–Crippen MR) is 48.8 cm³/mol.